The molecule has 6 nitrogen and oxygen atoms in total. The van der Waals surface area contributed by atoms with Gasteiger partial charge in [-0.2, -0.15) is 0 Å². The van der Waals surface area contributed by atoms with Gasteiger partial charge in [-0.05, 0) is 55.5 Å². The lowest BCUT2D eigenvalue weighted by Crippen LogP contribution is -2.34. The molecule has 0 aromatic heterocycles. The van der Waals surface area contributed by atoms with Crippen molar-refractivity contribution in [1.29, 1.82) is 0 Å². The maximum Gasteiger partial charge on any atom is 0.282 e. The fraction of sp³-hybridized carbons (Fsp3) is 0.333. The number of likely N-dealkylation sites (tertiary alicyclic amines) is 1. The molecule has 0 spiro atoms. The minimum Gasteiger partial charge on any atom is -0.497 e. The lowest BCUT2D eigenvalue weighted by Gasteiger charge is -2.21. The van der Waals surface area contributed by atoms with Gasteiger partial charge in [0.25, 0.3) is 11.8 Å². The number of carbonyl (C=O) groups excluding carboxylic acids is 2. The molecule has 156 valence electrons. The van der Waals surface area contributed by atoms with Crippen LogP contribution in [0.15, 0.2) is 42.1 Å². The molecule has 2 heterocycles. The number of aryl methyl sites for hydroxylation is 2. The van der Waals surface area contributed by atoms with Crippen LogP contribution >= 0.6 is 0 Å². The number of amides is 2. The largest absolute Gasteiger partial charge is 0.497 e. The summed E-state index contributed by atoms with van der Waals surface area (Å²) < 4.78 is 10.7. The molecule has 0 N–H and O–H groups in total. The SMILES string of the molecule is COc1ccc(N2C(=O)C(c3ccc(C)c(C)c3)=C(N3CCCC3)C2=O)c(OC)c1. The Labute approximate surface area is 176 Å². The number of hydrogen-bond acceptors (Lipinski definition) is 5. The molecule has 4 rings (SSSR count). The second kappa shape index (κ2) is 7.86. The number of ether oxygens (including phenoxy) is 2. The molecule has 1 fully saturated rings. The van der Waals surface area contributed by atoms with Crippen LogP contribution in [0, 0.1) is 13.8 Å². The van der Waals surface area contributed by atoms with Crippen molar-refractivity contribution in [1.82, 2.24) is 4.90 Å². The van der Waals surface area contributed by atoms with Crippen LogP contribution in [-0.4, -0.2) is 44.0 Å². The smallest absolute Gasteiger partial charge is 0.282 e. The van der Waals surface area contributed by atoms with Crippen LogP contribution in [0.4, 0.5) is 5.69 Å². The van der Waals surface area contributed by atoms with Gasteiger partial charge in [0.1, 0.15) is 17.2 Å². The lowest BCUT2D eigenvalue weighted by molar-refractivity contribution is -0.120. The first kappa shape index (κ1) is 20.0. The van der Waals surface area contributed by atoms with E-state index in [0.717, 1.165) is 42.6 Å². The van der Waals surface area contributed by atoms with Crippen molar-refractivity contribution >= 4 is 23.1 Å². The molecule has 6 heteroatoms. The number of nitrogens with zero attached hydrogens (tertiary/aromatic N) is 2. The standard InChI is InChI=1S/C24H26N2O4/c1-15-7-8-17(13-16(15)2)21-22(25-11-5-6-12-25)24(28)26(23(21)27)19-10-9-18(29-3)14-20(19)30-4/h7-10,13-14H,5-6,11-12H2,1-4H3. The molecular weight excluding hydrogens is 380 g/mol. The summed E-state index contributed by atoms with van der Waals surface area (Å²) in [6.45, 7) is 5.60. The van der Waals surface area contributed by atoms with E-state index in [9.17, 15) is 9.59 Å². The van der Waals surface area contributed by atoms with Gasteiger partial charge in [-0.25, -0.2) is 4.90 Å². The molecule has 0 unspecified atom stereocenters. The van der Waals surface area contributed by atoms with E-state index < -0.39 is 0 Å². The van der Waals surface area contributed by atoms with Gasteiger partial charge in [0.2, 0.25) is 0 Å². The number of methoxy groups -OCH3 is 2. The van der Waals surface area contributed by atoms with Gasteiger partial charge in [-0.3, -0.25) is 9.59 Å². The molecule has 2 aliphatic heterocycles. The topological polar surface area (TPSA) is 59.1 Å². The first-order chi connectivity index (χ1) is 14.5. The van der Waals surface area contributed by atoms with E-state index in [1.165, 1.54) is 12.0 Å². The summed E-state index contributed by atoms with van der Waals surface area (Å²) in [7, 11) is 3.08. The van der Waals surface area contributed by atoms with Gasteiger partial charge in [0, 0.05) is 19.2 Å². The second-order valence-electron chi connectivity index (χ2n) is 7.70. The highest BCUT2D eigenvalue weighted by Crippen LogP contribution is 2.40. The first-order valence-corrected chi connectivity index (χ1v) is 10.1. The summed E-state index contributed by atoms with van der Waals surface area (Å²) >= 11 is 0. The van der Waals surface area contributed by atoms with Crippen LogP contribution in [0.25, 0.3) is 5.57 Å². The molecule has 30 heavy (non-hydrogen) atoms. The number of hydrogen-bond donors (Lipinski definition) is 0. The average molecular weight is 406 g/mol. The monoisotopic (exact) mass is 406 g/mol. The van der Waals surface area contributed by atoms with Crippen LogP contribution in [0.2, 0.25) is 0 Å². The van der Waals surface area contributed by atoms with E-state index in [4.69, 9.17) is 9.47 Å². The van der Waals surface area contributed by atoms with Crippen LogP contribution in [0.5, 0.6) is 11.5 Å². The Morgan fingerprint density at radius 1 is 0.833 bits per heavy atom. The highest BCUT2D eigenvalue weighted by Gasteiger charge is 2.44. The quantitative estimate of drug-likeness (QED) is 0.709. The predicted molar refractivity (Wildman–Crippen MR) is 116 cm³/mol. The molecule has 0 radical (unpaired) electrons. The van der Waals surface area contributed by atoms with Crippen molar-refractivity contribution in [3.63, 3.8) is 0 Å². The van der Waals surface area contributed by atoms with E-state index >= 15 is 0 Å². The molecule has 0 bridgehead atoms. The van der Waals surface area contributed by atoms with Crippen LogP contribution in [-0.2, 0) is 9.59 Å². The third-order valence-electron chi connectivity index (χ3n) is 5.91. The molecule has 0 aliphatic carbocycles. The normalized spacial score (nSPS) is 16.7. The fourth-order valence-electron chi connectivity index (χ4n) is 4.10. The van der Waals surface area contributed by atoms with Gasteiger partial charge < -0.3 is 14.4 Å². The summed E-state index contributed by atoms with van der Waals surface area (Å²) in [6, 6.07) is 11.0. The second-order valence-corrected chi connectivity index (χ2v) is 7.70. The van der Waals surface area contributed by atoms with Gasteiger partial charge >= 0.3 is 0 Å². The maximum atomic E-state index is 13.6. The molecule has 2 aromatic carbocycles. The van der Waals surface area contributed by atoms with E-state index in [-0.39, 0.29) is 11.8 Å². The minimum atomic E-state index is -0.325. The number of anilines is 1. The van der Waals surface area contributed by atoms with E-state index in [2.05, 4.69) is 0 Å². The summed E-state index contributed by atoms with van der Waals surface area (Å²) in [4.78, 5) is 30.5. The van der Waals surface area contributed by atoms with Gasteiger partial charge in [0.15, 0.2) is 0 Å². The minimum absolute atomic E-state index is 0.307. The molecule has 2 aromatic rings. The average Bonchev–Trinajstić information content (AvgIpc) is 3.36. The molecule has 2 aliphatic rings. The maximum absolute atomic E-state index is 13.6. The Morgan fingerprint density at radius 3 is 2.20 bits per heavy atom. The highest BCUT2D eigenvalue weighted by molar-refractivity contribution is 6.45. The zero-order valence-electron chi connectivity index (χ0n) is 17.8. The Morgan fingerprint density at radius 2 is 1.57 bits per heavy atom. The predicted octanol–water partition coefficient (Wildman–Crippen LogP) is 3.70. The third-order valence-corrected chi connectivity index (χ3v) is 5.91. The summed E-state index contributed by atoms with van der Waals surface area (Å²) in [6.07, 6.45) is 2.02. The van der Waals surface area contributed by atoms with Crippen molar-refractivity contribution in [2.24, 2.45) is 0 Å². The van der Waals surface area contributed by atoms with Crippen molar-refractivity contribution in [3.8, 4) is 11.5 Å². The highest BCUT2D eigenvalue weighted by atomic mass is 16.5. The van der Waals surface area contributed by atoms with Crippen molar-refractivity contribution in [3.05, 3.63) is 58.8 Å². The fourth-order valence-corrected chi connectivity index (χ4v) is 4.10. The zero-order chi connectivity index (χ0) is 21.4. The van der Waals surface area contributed by atoms with E-state index in [1.807, 2.05) is 36.9 Å². The number of benzene rings is 2. The van der Waals surface area contributed by atoms with Gasteiger partial charge in [-0.15, -0.1) is 0 Å². The van der Waals surface area contributed by atoms with Gasteiger partial charge in [0.05, 0.1) is 25.5 Å². The first-order valence-electron chi connectivity index (χ1n) is 10.1. The Balaban J connectivity index is 1.85. The Bertz CT molecular complexity index is 1050. The molecular formula is C24H26N2O4. The summed E-state index contributed by atoms with van der Waals surface area (Å²) in [5, 5.41) is 0. The molecule has 2 amide bonds. The molecule has 0 atom stereocenters. The number of carbonyl (C=O) groups is 2. The van der Waals surface area contributed by atoms with Crippen LogP contribution in [0.3, 0.4) is 0 Å². The van der Waals surface area contributed by atoms with Crippen LogP contribution < -0.4 is 14.4 Å². The Kier molecular flexibility index (Phi) is 5.24. The third kappa shape index (κ3) is 3.22. The molecule has 0 saturated carbocycles. The van der Waals surface area contributed by atoms with E-state index in [0.29, 0.717) is 28.5 Å². The lowest BCUT2D eigenvalue weighted by atomic mass is 9.99. The van der Waals surface area contributed by atoms with Crippen LogP contribution in [0.1, 0.15) is 29.5 Å². The summed E-state index contributed by atoms with van der Waals surface area (Å²) in [5.74, 6) is 0.377. The number of rotatable bonds is 5. The van der Waals surface area contributed by atoms with Crippen molar-refractivity contribution in [2.75, 3.05) is 32.2 Å². The molecule has 1 saturated heterocycles. The zero-order valence-corrected chi connectivity index (χ0v) is 17.8. The van der Waals surface area contributed by atoms with Crippen molar-refractivity contribution < 1.29 is 19.1 Å². The van der Waals surface area contributed by atoms with Gasteiger partial charge in [-0.1, -0.05) is 18.2 Å². The number of imide groups is 1. The summed E-state index contributed by atoms with van der Waals surface area (Å²) in [5.41, 5.74) is 4.37. The Hall–Kier alpha value is -3.28. The van der Waals surface area contributed by atoms with E-state index in [1.54, 1.807) is 25.3 Å². The van der Waals surface area contributed by atoms with Crippen molar-refractivity contribution in [2.45, 2.75) is 26.7 Å².